The second kappa shape index (κ2) is 9.70. The van der Waals surface area contributed by atoms with Crippen LogP contribution in [0, 0.1) is 11.8 Å². The molecule has 0 spiro atoms. The van der Waals surface area contributed by atoms with Crippen LogP contribution in [0.1, 0.15) is 58.9 Å². The largest absolute Gasteiger partial charge is 0.341 e. The molecule has 0 aliphatic carbocycles. The third-order valence-corrected chi connectivity index (χ3v) is 4.98. The van der Waals surface area contributed by atoms with Gasteiger partial charge in [0.15, 0.2) is 0 Å². The van der Waals surface area contributed by atoms with Gasteiger partial charge in [0.2, 0.25) is 11.8 Å². The number of aromatic nitrogens is 1. The average molecular weight is 360 g/mol. The first kappa shape index (κ1) is 20.4. The van der Waals surface area contributed by atoms with Crippen molar-refractivity contribution >= 4 is 11.8 Å². The van der Waals surface area contributed by atoms with E-state index in [1.54, 1.807) is 6.20 Å². The molecule has 0 saturated carbocycles. The Morgan fingerprint density at radius 2 is 2.08 bits per heavy atom. The van der Waals surface area contributed by atoms with Gasteiger partial charge >= 0.3 is 0 Å². The summed E-state index contributed by atoms with van der Waals surface area (Å²) in [6.07, 6.45) is 6.98. The van der Waals surface area contributed by atoms with Crippen molar-refractivity contribution in [1.82, 2.24) is 14.8 Å². The second-order valence-corrected chi connectivity index (χ2v) is 8.05. The molecule has 0 radical (unpaired) electrons. The number of amides is 2. The van der Waals surface area contributed by atoms with E-state index in [2.05, 4.69) is 18.8 Å². The lowest BCUT2D eigenvalue weighted by Gasteiger charge is -2.40. The van der Waals surface area contributed by atoms with E-state index in [1.807, 2.05) is 42.0 Å². The molecule has 144 valence electrons. The third kappa shape index (κ3) is 5.82. The van der Waals surface area contributed by atoms with Gasteiger partial charge in [0.25, 0.3) is 0 Å². The van der Waals surface area contributed by atoms with E-state index in [0.717, 1.165) is 31.4 Å². The Hall–Kier alpha value is -1.91. The molecule has 1 aromatic rings. The summed E-state index contributed by atoms with van der Waals surface area (Å²) < 4.78 is 0. The zero-order valence-electron chi connectivity index (χ0n) is 16.6. The van der Waals surface area contributed by atoms with Crippen LogP contribution in [0.4, 0.5) is 0 Å². The molecule has 2 rings (SSSR count). The molecule has 2 amide bonds. The van der Waals surface area contributed by atoms with Crippen LogP contribution in [0.3, 0.4) is 0 Å². The van der Waals surface area contributed by atoms with Gasteiger partial charge in [0.1, 0.15) is 0 Å². The first-order chi connectivity index (χ1) is 12.4. The predicted octanol–water partition coefficient (Wildman–Crippen LogP) is 3.49. The molecule has 1 aliphatic rings. The van der Waals surface area contributed by atoms with Crippen LogP contribution in [0.5, 0.6) is 0 Å². The smallest absolute Gasteiger partial charge is 0.225 e. The van der Waals surface area contributed by atoms with Crippen LogP contribution < -0.4 is 0 Å². The van der Waals surface area contributed by atoms with E-state index < -0.39 is 0 Å². The Kier molecular flexibility index (Phi) is 7.61. The zero-order chi connectivity index (χ0) is 19.1. The van der Waals surface area contributed by atoms with Gasteiger partial charge in [-0.3, -0.25) is 14.6 Å². The Balaban J connectivity index is 2.08. The van der Waals surface area contributed by atoms with Crippen molar-refractivity contribution in [3.05, 3.63) is 30.1 Å². The molecule has 1 fully saturated rings. The van der Waals surface area contributed by atoms with Gasteiger partial charge in [-0.2, -0.15) is 0 Å². The molecule has 5 nitrogen and oxygen atoms in total. The highest BCUT2D eigenvalue weighted by molar-refractivity contribution is 5.79. The third-order valence-electron chi connectivity index (χ3n) is 4.98. The summed E-state index contributed by atoms with van der Waals surface area (Å²) in [7, 11) is 0. The second-order valence-electron chi connectivity index (χ2n) is 8.05. The van der Waals surface area contributed by atoms with Crippen molar-refractivity contribution in [2.75, 3.05) is 13.1 Å². The highest BCUT2D eigenvalue weighted by atomic mass is 16.2. The van der Waals surface area contributed by atoms with Gasteiger partial charge in [-0.05, 0) is 36.8 Å². The lowest BCUT2D eigenvalue weighted by Crippen LogP contribution is -2.52. The van der Waals surface area contributed by atoms with Crippen LogP contribution in [0.25, 0.3) is 0 Å². The minimum atomic E-state index is -0.0568. The van der Waals surface area contributed by atoms with Gasteiger partial charge in [0.05, 0.1) is 0 Å². The summed E-state index contributed by atoms with van der Waals surface area (Å²) in [6.45, 7) is 10.2. The fourth-order valence-electron chi connectivity index (χ4n) is 3.41. The Labute approximate surface area is 157 Å². The lowest BCUT2D eigenvalue weighted by molar-refractivity contribution is -0.142. The number of carbonyl (C=O) groups excluding carboxylic acids is 2. The van der Waals surface area contributed by atoms with Crippen molar-refractivity contribution in [2.24, 2.45) is 11.8 Å². The maximum Gasteiger partial charge on any atom is 0.225 e. The molecule has 26 heavy (non-hydrogen) atoms. The van der Waals surface area contributed by atoms with Crippen LogP contribution in [0.2, 0.25) is 0 Å². The van der Waals surface area contributed by atoms with Gasteiger partial charge in [-0.15, -0.1) is 0 Å². The highest BCUT2D eigenvalue weighted by Gasteiger charge is 2.31. The number of pyridine rings is 1. The van der Waals surface area contributed by atoms with Crippen molar-refractivity contribution in [3.8, 4) is 0 Å². The molecular weight excluding hydrogens is 326 g/mol. The summed E-state index contributed by atoms with van der Waals surface area (Å²) in [5.74, 6) is 0.847. The lowest BCUT2D eigenvalue weighted by atomic mass is 10.00. The van der Waals surface area contributed by atoms with Crippen molar-refractivity contribution < 1.29 is 9.59 Å². The number of hydrogen-bond donors (Lipinski definition) is 0. The first-order valence-electron chi connectivity index (χ1n) is 9.85. The highest BCUT2D eigenvalue weighted by Crippen LogP contribution is 2.21. The predicted molar refractivity (Wildman–Crippen MR) is 103 cm³/mol. The summed E-state index contributed by atoms with van der Waals surface area (Å²) in [4.78, 5) is 33.5. The Morgan fingerprint density at radius 3 is 2.69 bits per heavy atom. The SMILES string of the molecule is CC(C)CCC(=O)N1CCCC(N(Cc2cccnc2)C(=O)C(C)C)C1. The van der Waals surface area contributed by atoms with E-state index in [1.165, 1.54) is 0 Å². The number of carbonyl (C=O) groups is 2. The van der Waals surface area contributed by atoms with Crippen LogP contribution in [0.15, 0.2) is 24.5 Å². The molecule has 2 heterocycles. The molecule has 5 heteroatoms. The Morgan fingerprint density at radius 1 is 1.31 bits per heavy atom. The van der Waals surface area contributed by atoms with E-state index in [4.69, 9.17) is 0 Å². The quantitative estimate of drug-likeness (QED) is 0.749. The summed E-state index contributed by atoms with van der Waals surface area (Å²) in [6, 6.07) is 3.99. The molecule has 1 aromatic heterocycles. The van der Waals surface area contributed by atoms with E-state index >= 15 is 0 Å². The molecule has 0 N–H and O–H groups in total. The van der Waals surface area contributed by atoms with Crippen LogP contribution >= 0.6 is 0 Å². The standard InChI is InChI=1S/C21H33N3O2/c1-16(2)9-10-20(25)23-12-6-8-19(15-23)24(21(26)17(3)4)14-18-7-5-11-22-13-18/h5,7,11,13,16-17,19H,6,8-10,12,14-15H2,1-4H3. The molecule has 1 saturated heterocycles. The monoisotopic (exact) mass is 359 g/mol. The van der Waals surface area contributed by atoms with Gasteiger partial charge in [0, 0.05) is 50.4 Å². The number of nitrogens with zero attached hydrogens (tertiary/aromatic N) is 3. The van der Waals surface area contributed by atoms with E-state index in [-0.39, 0.29) is 23.8 Å². The van der Waals surface area contributed by atoms with Crippen LogP contribution in [-0.2, 0) is 16.1 Å². The fraction of sp³-hybridized carbons (Fsp3) is 0.667. The van der Waals surface area contributed by atoms with Crippen molar-refractivity contribution in [1.29, 1.82) is 0 Å². The van der Waals surface area contributed by atoms with E-state index in [0.29, 0.717) is 25.4 Å². The molecule has 0 bridgehead atoms. The molecule has 1 unspecified atom stereocenters. The molecule has 1 aliphatic heterocycles. The summed E-state index contributed by atoms with van der Waals surface area (Å²) >= 11 is 0. The normalized spacial score (nSPS) is 17.6. The molecular formula is C21H33N3O2. The topological polar surface area (TPSA) is 53.5 Å². The number of likely N-dealkylation sites (tertiary alicyclic amines) is 1. The molecule has 1 atom stereocenters. The van der Waals surface area contributed by atoms with Crippen LogP contribution in [-0.4, -0.2) is 45.7 Å². The van der Waals surface area contributed by atoms with Gasteiger partial charge in [-0.25, -0.2) is 0 Å². The minimum Gasteiger partial charge on any atom is -0.341 e. The maximum absolute atomic E-state index is 12.8. The van der Waals surface area contributed by atoms with Crippen molar-refractivity contribution in [2.45, 2.75) is 66.0 Å². The first-order valence-corrected chi connectivity index (χ1v) is 9.85. The van der Waals surface area contributed by atoms with Crippen molar-refractivity contribution in [3.63, 3.8) is 0 Å². The number of piperidine rings is 1. The van der Waals surface area contributed by atoms with E-state index in [9.17, 15) is 9.59 Å². The van der Waals surface area contributed by atoms with Gasteiger partial charge < -0.3 is 9.80 Å². The number of rotatable bonds is 7. The summed E-state index contributed by atoms with van der Waals surface area (Å²) in [5.41, 5.74) is 1.03. The maximum atomic E-state index is 12.8. The number of hydrogen-bond acceptors (Lipinski definition) is 3. The fourth-order valence-corrected chi connectivity index (χ4v) is 3.41. The molecule has 0 aromatic carbocycles. The minimum absolute atomic E-state index is 0.0568. The van der Waals surface area contributed by atoms with Gasteiger partial charge in [-0.1, -0.05) is 33.8 Å². The Bertz CT molecular complexity index is 586. The average Bonchev–Trinajstić information content (AvgIpc) is 2.64. The summed E-state index contributed by atoms with van der Waals surface area (Å²) in [5, 5.41) is 0. The zero-order valence-corrected chi connectivity index (χ0v) is 16.6.